The average molecular weight is 338 g/mol. The molecule has 0 fully saturated rings. The minimum absolute atomic E-state index is 0.146. The van der Waals surface area contributed by atoms with Gasteiger partial charge in [0, 0.05) is 28.7 Å². The lowest BCUT2D eigenvalue weighted by Gasteiger charge is -2.18. The van der Waals surface area contributed by atoms with Gasteiger partial charge < -0.3 is 14.2 Å². The van der Waals surface area contributed by atoms with Crippen LogP contribution in [0.15, 0.2) is 48.0 Å². The van der Waals surface area contributed by atoms with Gasteiger partial charge in [-0.05, 0) is 12.1 Å². The van der Waals surface area contributed by atoms with Crippen LogP contribution in [0.4, 0.5) is 0 Å². The molecule has 2 aromatic rings. The number of carbonyl (C=O) groups is 2. The Kier molecular flexibility index (Phi) is 4.57. The molecule has 5 heteroatoms. The van der Waals surface area contributed by atoms with Gasteiger partial charge in [0.2, 0.25) is 5.75 Å². The van der Waals surface area contributed by atoms with Crippen molar-refractivity contribution in [1.29, 1.82) is 0 Å². The quantitative estimate of drug-likeness (QED) is 0.837. The van der Waals surface area contributed by atoms with Crippen LogP contribution in [0.5, 0.6) is 17.2 Å². The second-order valence-electron chi connectivity index (χ2n) is 5.58. The molecular formula is C20H18O5. The number of ketones is 2. The molecule has 0 radical (unpaired) electrons. The molecule has 3 rings (SSSR count). The molecular weight excluding hydrogens is 320 g/mol. The number of rotatable bonds is 5. The maximum atomic E-state index is 12.7. The molecule has 1 aliphatic carbocycles. The van der Waals surface area contributed by atoms with E-state index >= 15 is 0 Å². The molecule has 0 amide bonds. The summed E-state index contributed by atoms with van der Waals surface area (Å²) in [7, 11) is 4.59. The summed E-state index contributed by atoms with van der Waals surface area (Å²) in [6, 6.07) is 10.4. The summed E-state index contributed by atoms with van der Waals surface area (Å²) >= 11 is 0. The van der Waals surface area contributed by atoms with E-state index in [1.165, 1.54) is 20.3 Å². The van der Waals surface area contributed by atoms with Gasteiger partial charge in [0.25, 0.3) is 0 Å². The van der Waals surface area contributed by atoms with E-state index in [2.05, 4.69) is 0 Å². The summed E-state index contributed by atoms with van der Waals surface area (Å²) < 4.78 is 16.1. The smallest absolute Gasteiger partial charge is 0.203 e. The molecule has 0 unspecified atom stereocenters. The lowest BCUT2D eigenvalue weighted by atomic mass is 9.86. The molecule has 0 spiro atoms. The van der Waals surface area contributed by atoms with Crippen molar-refractivity contribution in [3.05, 3.63) is 64.7 Å². The molecule has 5 nitrogen and oxygen atoms in total. The van der Waals surface area contributed by atoms with Crippen molar-refractivity contribution in [2.24, 2.45) is 0 Å². The average Bonchev–Trinajstić information content (AvgIpc) is 2.65. The summed E-state index contributed by atoms with van der Waals surface area (Å²) in [4.78, 5) is 25.0. The van der Waals surface area contributed by atoms with Crippen LogP contribution in [0.1, 0.15) is 26.3 Å². The standard InChI is InChI=1S/C20H18O5/c1-23-17-9-8-12(19(24-2)20(17)25-3)10-13-11-16(21)14-6-4-5-7-15(14)18(13)22/h4-9,11H,10H2,1-3H3. The Morgan fingerprint density at radius 3 is 2.12 bits per heavy atom. The van der Waals surface area contributed by atoms with Gasteiger partial charge in [0.1, 0.15) is 0 Å². The maximum absolute atomic E-state index is 12.7. The largest absolute Gasteiger partial charge is 0.493 e. The number of carbonyl (C=O) groups excluding carboxylic acids is 2. The van der Waals surface area contributed by atoms with Crippen molar-refractivity contribution >= 4 is 11.6 Å². The molecule has 0 aliphatic heterocycles. The highest BCUT2D eigenvalue weighted by Gasteiger charge is 2.26. The maximum Gasteiger partial charge on any atom is 0.203 e. The molecule has 1 aliphatic rings. The van der Waals surface area contributed by atoms with Crippen LogP contribution in [0.25, 0.3) is 0 Å². The van der Waals surface area contributed by atoms with Crippen molar-refractivity contribution in [2.45, 2.75) is 6.42 Å². The molecule has 0 bridgehead atoms. The molecule has 0 atom stereocenters. The molecule has 25 heavy (non-hydrogen) atoms. The molecule has 0 heterocycles. The van der Waals surface area contributed by atoms with Crippen LogP contribution < -0.4 is 14.2 Å². The van der Waals surface area contributed by atoms with Crippen LogP contribution in [-0.2, 0) is 6.42 Å². The zero-order chi connectivity index (χ0) is 18.0. The fraction of sp³-hybridized carbons (Fsp3) is 0.200. The Hall–Kier alpha value is -3.08. The predicted octanol–water partition coefficient (Wildman–Crippen LogP) is 3.26. The summed E-state index contributed by atoms with van der Waals surface area (Å²) in [5.41, 5.74) is 2.04. The van der Waals surface area contributed by atoms with Gasteiger partial charge in [0.15, 0.2) is 23.1 Å². The SMILES string of the molecule is COc1ccc(CC2=CC(=O)c3ccccc3C2=O)c(OC)c1OC. The van der Waals surface area contributed by atoms with E-state index in [4.69, 9.17) is 14.2 Å². The molecule has 0 saturated heterocycles. The predicted molar refractivity (Wildman–Crippen MR) is 93.0 cm³/mol. The van der Waals surface area contributed by atoms with Crippen LogP contribution in [0.2, 0.25) is 0 Å². The minimum atomic E-state index is -0.162. The van der Waals surface area contributed by atoms with Crippen LogP contribution in [0.3, 0.4) is 0 Å². The van der Waals surface area contributed by atoms with Crippen molar-refractivity contribution in [1.82, 2.24) is 0 Å². The first kappa shape index (κ1) is 16.8. The first-order valence-electron chi connectivity index (χ1n) is 7.77. The van der Waals surface area contributed by atoms with E-state index in [-0.39, 0.29) is 18.0 Å². The van der Waals surface area contributed by atoms with Gasteiger partial charge in [-0.2, -0.15) is 0 Å². The Morgan fingerprint density at radius 1 is 0.800 bits per heavy atom. The van der Waals surface area contributed by atoms with Crippen molar-refractivity contribution in [3.63, 3.8) is 0 Å². The number of ether oxygens (including phenoxy) is 3. The number of fused-ring (bicyclic) bond motifs is 1. The normalized spacial score (nSPS) is 13.2. The van der Waals surface area contributed by atoms with Crippen molar-refractivity contribution in [3.8, 4) is 17.2 Å². The fourth-order valence-corrected chi connectivity index (χ4v) is 3.01. The molecule has 0 aromatic heterocycles. The van der Waals surface area contributed by atoms with Gasteiger partial charge in [-0.15, -0.1) is 0 Å². The van der Waals surface area contributed by atoms with Crippen molar-refractivity contribution in [2.75, 3.05) is 21.3 Å². The summed E-state index contributed by atoms with van der Waals surface area (Å²) in [5, 5.41) is 0. The Balaban J connectivity index is 2.01. The lowest BCUT2D eigenvalue weighted by molar-refractivity contribution is 0.0982. The van der Waals surface area contributed by atoms with E-state index < -0.39 is 0 Å². The highest BCUT2D eigenvalue weighted by atomic mass is 16.5. The summed E-state index contributed by atoms with van der Waals surface area (Å²) in [6.45, 7) is 0. The van der Waals surface area contributed by atoms with E-state index in [1.54, 1.807) is 43.5 Å². The lowest BCUT2D eigenvalue weighted by Crippen LogP contribution is -2.18. The zero-order valence-electron chi connectivity index (χ0n) is 14.3. The third-order valence-electron chi connectivity index (χ3n) is 4.20. The number of hydrogen-bond donors (Lipinski definition) is 0. The first-order chi connectivity index (χ1) is 12.1. The third kappa shape index (κ3) is 2.89. The monoisotopic (exact) mass is 338 g/mol. The highest BCUT2D eigenvalue weighted by molar-refractivity contribution is 6.24. The van der Waals surface area contributed by atoms with Crippen LogP contribution in [-0.4, -0.2) is 32.9 Å². The molecule has 0 N–H and O–H groups in total. The fourth-order valence-electron chi connectivity index (χ4n) is 3.01. The molecule has 2 aromatic carbocycles. The highest BCUT2D eigenvalue weighted by Crippen LogP contribution is 2.41. The molecule has 0 saturated carbocycles. The number of hydrogen-bond acceptors (Lipinski definition) is 5. The number of allylic oxidation sites excluding steroid dienone is 2. The Bertz CT molecular complexity index is 880. The van der Waals surface area contributed by atoms with E-state index in [0.717, 1.165) is 5.56 Å². The van der Waals surface area contributed by atoms with Crippen molar-refractivity contribution < 1.29 is 23.8 Å². The van der Waals surface area contributed by atoms with Gasteiger partial charge in [0.05, 0.1) is 21.3 Å². The second-order valence-corrected chi connectivity index (χ2v) is 5.58. The Morgan fingerprint density at radius 2 is 1.48 bits per heavy atom. The Labute approximate surface area is 145 Å². The van der Waals surface area contributed by atoms with E-state index in [9.17, 15) is 9.59 Å². The molecule has 128 valence electrons. The van der Waals surface area contributed by atoms with Crippen LogP contribution >= 0.6 is 0 Å². The summed E-state index contributed by atoms with van der Waals surface area (Å²) in [5.74, 6) is 1.17. The second kappa shape index (κ2) is 6.81. The number of Topliss-reactive ketones (excluding diaryl/α,β-unsaturated/α-hetero) is 1. The van der Waals surface area contributed by atoms with Gasteiger partial charge in [-0.25, -0.2) is 0 Å². The van der Waals surface area contributed by atoms with Gasteiger partial charge >= 0.3 is 0 Å². The van der Waals surface area contributed by atoms with E-state index in [1.807, 2.05) is 0 Å². The number of benzene rings is 2. The van der Waals surface area contributed by atoms with Crippen LogP contribution in [0, 0.1) is 0 Å². The summed E-state index contributed by atoms with van der Waals surface area (Å²) in [6.07, 6.45) is 1.67. The zero-order valence-corrected chi connectivity index (χ0v) is 14.3. The number of methoxy groups -OCH3 is 3. The van der Waals surface area contributed by atoms with Gasteiger partial charge in [-0.3, -0.25) is 9.59 Å². The first-order valence-corrected chi connectivity index (χ1v) is 7.77. The topological polar surface area (TPSA) is 61.8 Å². The third-order valence-corrected chi connectivity index (χ3v) is 4.20. The van der Waals surface area contributed by atoms with Gasteiger partial charge in [-0.1, -0.05) is 30.3 Å². The van der Waals surface area contributed by atoms with E-state index in [0.29, 0.717) is 33.9 Å². The minimum Gasteiger partial charge on any atom is -0.493 e.